The first-order chi connectivity index (χ1) is 15.5. The number of rotatable bonds is 3. The number of pyridine rings is 1. The van der Waals surface area contributed by atoms with Crippen LogP contribution in [-0.2, 0) is 11.3 Å². The normalized spacial score (nSPS) is 24.0. The molecule has 4 heterocycles. The molecule has 3 aliphatic heterocycles. The summed E-state index contributed by atoms with van der Waals surface area (Å²) in [6.45, 7) is 6.23. The molecule has 1 aromatic heterocycles. The van der Waals surface area contributed by atoms with Crippen LogP contribution in [0.2, 0.25) is 5.02 Å². The van der Waals surface area contributed by atoms with Gasteiger partial charge in [0.25, 0.3) is 5.56 Å². The van der Waals surface area contributed by atoms with E-state index in [4.69, 9.17) is 11.6 Å². The summed E-state index contributed by atoms with van der Waals surface area (Å²) in [5, 5.41) is 0.730. The van der Waals surface area contributed by atoms with Crippen molar-refractivity contribution in [1.82, 2.24) is 14.4 Å². The minimum absolute atomic E-state index is 0.113. The molecule has 3 aliphatic rings. The van der Waals surface area contributed by atoms with Gasteiger partial charge in [-0.25, -0.2) is 0 Å². The molecule has 0 unspecified atom stereocenters. The molecule has 0 radical (unpaired) electrons. The summed E-state index contributed by atoms with van der Waals surface area (Å²) >= 11 is 6.01. The van der Waals surface area contributed by atoms with Gasteiger partial charge in [-0.15, -0.1) is 0 Å². The van der Waals surface area contributed by atoms with E-state index >= 15 is 0 Å². The van der Waals surface area contributed by atoms with E-state index in [0.717, 1.165) is 68.1 Å². The number of likely N-dealkylation sites (tertiary alicyclic amines) is 2. The molecule has 0 spiro atoms. The second-order valence-electron chi connectivity index (χ2n) is 9.50. The lowest BCUT2D eigenvalue weighted by Gasteiger charge is -2.47. The zero-order valence-electron chi connectivity index (χ0n) is 18.5. The predicted octanol–water partition coefficient (Wildman–Crippen LogP) is 4.10. The van der Waals surface area contributed by atoms with Crippen molar-refractivity contribution in [3.8, 4) is 0 Å². The molecule has 1 amide bonds. The largest absolute Gasteiger partial charge is 0.343 e. The van der Waals surface area contributed by atoms with Gasteiger partial charge >= 0.3 is 0 Å². The summed E-state index contributed by atoms with van der Waals surface area (Å²) in [4.78, 5) is 29.0. The van der Waals surface area contributed by atoms with Crippen molar-refractivity contribution >= 4 is 29.7 Å². The number of fused-ring (bicyclic) bond motifs is 4. The van der Waals surface area contributed by atoms with Crippen molar-refractivity contribution in [2.24, 2.45) is 5.92 Å². The molecule has 0 N–H and O–H groups in total. The van der Waals surface area contributed by atoms with Crippen LogP contribution in [0.5, 0.6) is 0 Å². The van der Waals surface area contributed by atoms with Crippen molar-refractivity contribution in [3.05, 3.63) is 68.6 Å². The highest BCUT2D eigenvalue weighted by Gasteiger charge is 2.38. The number of hydrogen-bond donors (Lipinski definition) is 0. The Hall–Kier alpha value is -2.37. The van der Waals surface area contributed by atoms with E-state index in [-0.39, 0.29) is 11.5 Å². The van der Waals surface area contributed by atoms with Crippen molar-refractivity contribution < 1.29 is 4.79 Å². The molecule has 168 valence electrons. The highest BCUT2D eigenvalue weighted by molar-refractivity contribution is 6.30. The van der Waals surface area contributed by atoms with Crippen LogP contribution in [0, 0.1) is 5.92 Å². The van der Waals surface area contributed by atoms with E-state index in [1.807, 2.05) is 39.8 Å². The summed E-state index contributed by atoms with van der Waals surface area (Å²) in [6.07, 6.45) is 7.47. The quantitative estimate of drug-likeness (QED) is 0.705. The second-order valence-corrected chi connectivity index (χ2v) is 9.93. The molecule has 2 atom stereocenters. The van der Waals surface area contributed by atoms with Crippen molar-refractivity contribution in [2.45, 2.75) is 44.7 Å². The molecule has 6 heteroatoms. The fourth-order valence-electron chi connectivity index (χ4n) is 5.83. The Labute approximate surface area is 194 Å². The van der Waals surface area contributed by atoms with Gasteiger partial charge < -0.3 is 9.47 Å². The van der Waals surface area contributed by atoms with Crippen LogP contribution in [0.1, 0.15) is 48.9 Å². The maximum atomic E-state index is 12.7. The molecule has 0 saturated carbocycles. The highest BCUT2D eigenvalue weighted by atomic mass is 35.5. The molecule has 5 nitrogen and oxygen atoms in total. The number of piperidine rings is 2. The fourth-order valence-corrected chi connectivity index (χ4v) is 5.96. The van der Waals surface area contributed by atoms with Crippen molar-refractivity contribution in [1.29, 1.82) is 0 Å². The lowest BCUT2D eigenvalue weighted by Crippen LogP contribution is -2.53. The average Bonchev–Trinajstić information content (AvgIpc) is 2.80. The van der Waals surface area contributed by atoms with Gasteiger partial charge in [0.15, 0.2) is 0 Å². The molecular weight excluding hydrogens is 422 g/mol. The molecule has 2 bridgehead atoms. The number of aromatic nitrogens is 1. The third-order valence-corrected chi connectivity index (χ3v) is 7.65. The van der Waals surface area contributed by atoms with Gasteiger partial charge in [-0.05, 0) is 54.5 Å². The van der Waals surface area contributed by atoms with Gasteiger partial charge in [-0.1, -0.05) is 35.9 Å². The zero-order valence-corrected chi connectivity index (χ0v) is 19.3. The van der Waals surface area contributed by atoms with E-state index in [1.165, 1.54) is 5.69 Å². The lowest BCUT2D eigenvalue weighted by molar-refractivity contribution is -0.130. The van der Waals surface area contributed by atoms with Crippen LogP contribution in [0.4, 0.5) is 0 Å². The summed E-state index contributed by atoms with van der Waals surface area (Å²) < 4.78 is 2.02. The number of carbonyl (C=O) groups is 1. The van der Waals surface area contributed by atoms with Gasteiger partial charge in [0.2, 0.25) is 5.91 Å². The molecule has 0 aliphatic carbocycles. The number of nitrogens with zero attached hydrogens (tertiary/aromatic N) is 3. The summed E-state index contributed by atoms with van der Waals surface area (Å²) in [5.74, 6) is 1.07. The standard InChI is InChI=1S/C26H30ClN3O2/c1-18(31)28-12-10-24(11-13-28)29-15-20-14-22(17-29)26-21(6-9-25(32)30(26)16-20)5-2-19-3-7-23(27)8-4-19/h2-9,20,22,24H,10-17H2,1H3/t20-,22-/m1/s1. The zero-order chi connectivity index (χ0) is 22.2. The third kappa shape index (κ3) is 4.28. The molecule has 32 heavy (non-hydrogen) atoms. The Kier molecular flexibility index (Phi) is 5.95. The Balaban J connectivity index is 1.39. The SMILES string of the molecule is CC(=O)N1CCC(N2C[C@H]3C[C@H](C2)c2c(C=Cc4ccc(Cl)cc4)ccc(=O)n2C3)CC1. The fraction of sp³-hybridized carbons (Fsp3) is 0.462. The van der Waals surface area contributed by atoms with Gasteiger partial charge in [0.05, 0.1) is 0 Å². The van der Waals surface area contributed by atoms with Crippen LogP contribution >= 0.6 is 11.6 Å². The van der Waals surface area contributed by atoms with Crippen LogP contribution in [0.3, 0.4) is 0 Å². The van der Waals surface area contributed by atoms with E-state index in [0.29, 0.717) is 17.9 Å². The maximum Gasteiger partial charge on any atom is 0.250 e. The van der Waals surface area contributed by atoms with Crippen LogP contribution < -0.4 is 5.56 Å². The topological polar surface area (TPSA) is 45.6 Å². The Bertz CT molecular complexity index is 1080. The van der Waals surface area contributed by atoms with Gasteiger partial charge in [0, 0.05) is 68.4 Å². The van der Waals surface area contributed by atoms with Gasteiger partial charge in [-0.3, -0.25) is 14.5 Å². The number of amides is 1. The first-order valence-corrected chi connectivity index (χ1v) is 12.0. The smallest absolute Gasteiger partial charge is 0.250 e. The van der Waals surface area contributed by atoms with Crippen LogP contribution in [0.25, 0.3) is 12.2 Å². The van der Waals surface area contributed by atoms with E-state index < -0.39 is 0 Å². The summed E-state index contributed by atoms with van der Waals surface area (Å²) in [7, 11) is 0. The average molecular weight is 452 g/mol. The first kappa shape index (κ1) is 21.5. The van der Waals surface area contributed by atoms with Crippen molar-refractivity contribution in [2.75, 3.05) is 26.2 Å². The number of benzene rings is 1. The van der Waals surface area contributed by atoms with E-state index in [1.54, 1.807) is 13.0 Å². The molecule has 2 saturated heterocycles. The predicted molar refractivity (Wildman–Crippen MR) is 129 cm³/mol. The minimum atomic E-state index is 0.113. The van der Waals surface area contributed by atoms with E-state index in [9.17, 15) is 9.59 Å². The minimum Gasteiger partial charge on any atom is -0.343 e. The van der Waals surface area contributed by atoms with Gasteiger partial charge in [-0.2, -0.15) is 0 Å². The first-order valence-electron chi connectivity index (χ1n) is 11.6. The molecular formula is C26H30ClN3O2. The Morgan fingerprint density at radius 1 is 1.00 bits per heavy atom. The number of hydrogen-bond acceptors (Lipinski definition) is 3. The van der Waals surface area contributed by atoms with Crippen LogP contribution in [-0.4, -0.2) is 52.5 Å². The van der Waals surface area contributed by atoms with E-state index in [2.05, 4.69) is 17.1 Å². The van der Waals surface area contributed by atoms with Crippen LogP contribution in [0.15, 0.2) is 41.2 Å². The Morgan fingerprint density at radius 3 is 2.47 bits per heavy atom. The number of halogens is 1. The molecule has 2 aromatic rings. The summed E-state index contributed by atoms with van der Waals surface area (Å²) in [6, 6.07) is 12.0. The second kappa shape index (κ2) is 8.87. The monoisotopic (exact) mass is 451 g/mol. The lowest BCUT2D eigenvalue weighted by atomic mass is 9.80. The Morgan fingerprint density at radius 2 is 1.75 bits per heavy atom. The summed E-state index contributed by atoms with van der Waals surface area (Å²) in [5.41, 5.74) is 3.53. The molecule has 2 fully saturated rings. The van der Waals surface area contributed by atoms with Crippen molar-refractivity contribution in [3.63, 3.8) is 0 Å². The third-order valence-electron chi connectivity index (χ3n) is 7.40. The number of carbonyl (C=O) groups excluding carboxylic acids is 1. The molecule has 1 aromatic carbocycles. The highest BCUT2D eigenvalue weighted by Crippen LogP contribution is 2.39. The molecule has 5 rings (SSSR count). The van der Waals surface area contributed by atoms with Gasteiger partial charge in [0.1, 0.15) is 0 Å². The maximum absolute atomic E-state index is 12.7.